The molecule has 0 atom stereocenters. The first kappa shape index (κ1) is 26.0. The van der Waals surface area contributed by atoms with Crippen LogP contribution in [0.15, 0.2) is 0 Å². The molecule has 0 unspecified atom stereocenters. The molecule has 0 aromatic rings. The number of hydrogen-bond donors (Lipinski definition) is 0. The molecule has 0 heteroatoms. The van der Waals surface area contributed by atoms with E-state index in [2.05, 4.69) is 55.4 Å². The van der Waals surface area contributed by atoms with Crippen molar-refractivity contribution in [2.75, 3.05) is 0 Å². The van der Waals surface area contributed by atoms with Gasteiger partial charge in [-0.2, -0.15) is 0 Å². The maximum Gasteiger partial charge on any atom is -0.0412 e. The van der Waals surface area contributed by atoms with E-state index in [9.17, 15) is 0 Å². The van der Waals surface area contributed by atoms with Crippen LogP contribution in [-0.4, -0.2) is 0 Å². The fourth-order valence-corrected chi connectivity index (χ4v) is 5.61. The van der Waals surface area contributed by atoms with Crippen molar-refractivity contribution in [3.05, 3.63) is 0 Å². The zero-order chi connectivity index (χ0) is 21.1. The van der Waals surface area contributed by atoms with Gasteiger partial charge in [-0.25, -0.2) is 0 Å². The average molecular weight is 393 g/mol. The highest BCUT2D eigenvalue weighted by atomic mass is 14.3. The van der Waals surface area contributed by atoms with Crippen LogP contribution >= 0.6 is 0 Å². The Morgan fingerprint density at radius 3 is 0.536 bits per heavy atom. The van der Waals surface area contributed by atoms with Gasteiger partial charge in [0.1, 0.15) is 0 Å². The highest BCUT2D eigenvalue weighted by Crippen LogP contribution is 2.36. The second-order valence-electron chi connectivity index (χ2n) is 11.4. The highest BCUT2D eigenvalue weighted by Gasteiger charge is 2.24. The van der Waals surface area contributed by atoms with E-state index in [1.54, 1.807) is 0 Å². The van der Waals surface area contributed by atoms with E-state index in [0.29, 0.717) is 0 Å². The summed E-state index contributed by atoms with van der Waals surface area (Å²) in [6.45, 7) is 18.5. The van der Waals surface area contributed by atoms with Gasteiger partial charge in [0.15, 0.2) is 0 Å². The number of hydrogen-bond acceptors (Lipinski definition) is 0. The van der Waals surface area contributed by atoms with Crippen molar-refractivity contribution >= 4 is 0 Å². The maximum atomic E-state index is 2.34. The molecule has 0 aromatic heterocycles. The smallest absolute Gasteiger partial charge is 0.0412 e. The normalized spacial score (nSPS) is 40.3. The van der Waals surface area contributed by atoms with Crippen molar-refractivity contribution < 1.29 is 0 Å². The van der Waals surface area contributed by atoms with Crippen LogP contribution in [0.5, 0.6) is 0 Å². The van der Waals surface area contributed by atoms with Gasteiger partial charge in [0.05, 0.1) is 0 Å². The molecule has 4 saturated carbocycles. The minimum atomic E-state index is 1.05. The Morgan fingerprint density at radius 2 is 0.500 bits per heavy atom. The molecule has 28 heavy (non-hydrogen) atoms. The largest absolute Gasteiger partial charge is 0.0651 e. The van der Waals surface area contributed by atoms with Gasteiger partial charge in [0, 0.05) is 0 Å². The molecule has 0 bridgehead atoms. The van der Waals surface area contributed by atoms with Crippen molar-refractivity contribution in [3.8, 4) is 0 Å². The quantitative estimate of drug-likeness (QED) is 0.446. The Balaban J connectivity index is 0.000000187. The van der Waals surface area contributed by atoms with E-state index in [4.69, 9.17) is 0 Å². The zero-order valence-electron chi connectivity index (χ0n) is 21.1. The third-order valence-corrected chi connectivity index (χ3v) is 8.20. The van der Waals surface area contributed by atoms with Crippen molar-refractivity contribution in [3.63, 3.8) is 0 Å². The van der Waals surface area contributed by atoms with Crippen molar-refractivity contribution in [2.24, 2.45) is 47.3 Å². The first-order chi connectivity index (χ1) is 13.3. The van der Waals surface area contributed by atoms with Gasteiger partial charge in [0.2, 0.25) is 0 Å². The summed E-state index contributed by atoms with van der Waals surface area (Å²) in [4.78, 5) is 0. The third kappa shape index (κ3) is 10.2. The summed E-state index contributed by atoms with van der Waals surface area (Å²) in [6, 6.07) is 0. The van der Waals surface area contributed by atoms with E-state index in [1.807, 2.05) is 0 Å². The molecule has 4 rings (SSSR count). The first-order valence-electron chi connectivity index (χ1n) is 13.3. The Bertz CT molecular complexity index is 276. The molecule has 4 fully saturated rings. The maximum absolute atomic E-state index is 2.34. The summed E-state index contributed by atoms with van der Waals surface area (Å²) in [6.07, 6.45) is 17.6. The van der Waals surface area contributed by atoms with Crippen LogP contribution in [0.4, 0.5) is 0 Å². The third-order valence-electron chi connectivity index (χ3n) is 8.20. The zero-order valence-corrected chi connectivity index (χ0v) is 21.1. The summed E-state index contributed by atoms with van der Waals surface area (Å²) < 4.78 is 0. The molecule has 0 saturated heterocycles. The fraction of sp³-hybridized carbons (Fsp3) is 1.00. The highest BCUT2D eigenvalue weighted by molar-refractivity contribution is 4.75. The molecule has 0 spiro atoms. The summed E-state index contributed by atoms with van der Waals surface area (Å²) >= 11 is 0. The SMILES string of the molecule is CCC1CC(C)C1.CCC1CC(C)C1.CCC1CC(C)C1.CCC1CC(C)C1. The van der Waals surface area contributed by atoms with E-state index >= 15 is 0 Å². The van der Waals surface area contributed by atoms with Crippen LogP contribution in [0.2, 0.25) is 0 Å². The Hall–Kier alpha value is 0. The lowest BCUT2D eigenvalue weighted by Crippen LogP contribution is -2.19. The lowest BCUT2D eigenvalue weighted by atomic mass is 9.75. The van der Waals surface area contributed by atoms with Gasteiger partial charge in [-0.15, -0.1) is 0 Å². The lowest BCUT2D eigenvalue weighted by molar-refractivity contribution is 0.206. The minimum absolute atomic E-state index is 1.05. The van der Waals surface area contributed by atoms with Crippen LogP contribution in [0.3, 0.4) is 0 Å². The van der Waals surface area contributed by atoms with Gasteiger partial charge in [-0.1, -0.05) is 81.1 Å². The summed E-state index contributed by atoms with van der Waals surface area (Å²) in [5, 5.41) is 0. The van der Waals surface area contributed by atoms with Crippen molar-refractivity contribution in [1.82, 2.24) is 0 Å². The molecule has 4 aliphatic carbocycles. The molecule has 168 valence electrons. The van der Waals surface area contributed by atoms with Gasteiger partial charge in [-0.3, -0.25) is 0 Å². The summed E-state index contributed by atoms with van der Waals surface area (Å²) in [7, 11) is 0. The molecule has 0 heterocycles. The molecule has 0 radical (unpaired) electrons. The van der Waals surface area contributed by atoms with E-state index in [-0.39, 0.29) is 0 Å². The Labute approximate surface area is 180 Å². The molecule has 0 aromatic carbocycles. The Morgan fingerprint density at radius 1 is 0.357 bits per heavy atom. The van der Waals surface area contributed by atoms with E-state index in [1.165, 1.54) is 77.0 Å². The minimum Gasteiger partial charge on any atom is -0.0651 e. The Kier molecular flexibility index (Phi) is 13.1. The van der Waals surface area contributed by atoms with Gasteiger partial charge >= 0.3 is 0 Å². The van der Waals surface area contributed by atoms with Crippen LogP contribution in [0, 0.1) is 47.3 Å². The number of rotatable bonds is 4. The van der Waals surface area contributed by atoms with E-state index in [0.717, 1.165) is 47.3 Å². The molecule has 0 amide bonds. The van der Waals surface area contributed by atoms with Gasteiger partial charge in [-0.05, 0) is 98.7 Å². The van der Waals surface area contributed by atoms with Crippen molar-refractivity contribution in [1.29, 1.82) is 0 Å². The van der Waals surface area contributed by atoms with Gasteiger partial charge < -0.3 is 0 Å². The van der Waals surface area contributed by atoms with Crippen LogP contribution in [-0.2, 0) is 0 Å². The van der Waals surface area contributed by atoms with Crippen LogP contribution in [0.1, 0.15) is 132 Å². The molecule has 0 N–H and O–H groups in total. The average Bonchev–Trinajstić information content (AvgIpc) is 2.58. The molecule has 0 nitrogen and oxygen atoms in total. The fourth-order valence-electron chi connectivity index (χ4n) is 5.61. The summed E-state index contributed by atoms with van der Waals surface area (Å²) in [5.41, 5.74) is 0. The monoisotopic (exact) mass is 392 g/mol. The molecular weight excluding hydrogens is 336 g/mol. The second kappa shape index (κ2) is 14.1. The van der Waals surface area contributed by atoms with E-state index < -0.39 is 0 Å². The van der Waals surface area contributed by atoms with Gasteiger partial charge in [0.25, 0.3) is 0 Å². The summed E-state index contributed by atoms with van der Waals surface area (Å²) in [5.74, 6) is 8.56. The lowest BCUT2D eigenvalue weighted by Gasteiger charge is -2.31. The topological polar surface area (TPSA) is 0 Å². The molecule has 4 aliphatic rings. The van der Waals surface area contributed by atoms with Crippen LogP contribution in [0.25, 0.3) is 0 Å². The molecular formula is C28H56. The van der Waals surface area contributed by atoms with Crippen molar-refractivity contribution in [2.45, 2.75) is 132 Å². The molecule has 0 aliphatic heterocycles. The predicted octanol–water partition coefficient (Wildman–Crippen LogP) is 9.77. The second-order valence-corrected chi connectivity index (χ2v) is 11.4. The van der Waals surface area contributed by atoms with Crippen LogP contribution < -0.4 is 0 Å². The predicted molar refractivity (Wildman–Crippen MR) is 129 cm³/mol. The first-order valence-corrected chi connectivity index (χ1v) is 13.3. The standard InChI is InChI=1S/4C7H14/c4*1-3-7-4-6(2)5-7/h4*6-7H,3-5H2,1-2H3.